The molecule has 0 aliphatic rings. The van der Waals surface area contributed by atoms with Crippen molar-refractivity contribution in [3.8, 4) is 28.1 Å². The van der Waals surface area contributed by atoms with Crippen LogP contribution in [0.25, 0.3) is 44.2 Å². The second-order valence-corrected chi connectivity index (χ2v) is 9.41. The first-order valence-corrected chi connectivity index (χ1v) is 12.3. The molecular formula is C30H28N6O. The molecule has 184 valence electrons. The summed E-state index contributed by atoms with van der Waals surface area (Å²) >= 11 is 0. The standard InChI is InChI=1S/C30H28N6O/c1-18-25-13-19(10-11-28(25)36-35-18)26-14-22(17-34-30(26)24-7-3-5-9-29(24)37)32-16-21(31)12-20-15-33-27-8-4-2-6-23(20)27/h2-11,13-15,17,21,32-33,37H,12,16,31H2,1H3,(H,35,36)/t21-/m1/s1. The van der Waals surface area contributed by atoms with Crippen LogP contribution >= 0.6 is 0 Å². The summed E-state index contributed by atoms with van der Waals surface area (Å²) in [6.45, 7) is 2.58. The number of phenolic OH excluding ortho intramolecular Hbond substituents is 1. The number of aromatic amines is 2. The second kappa shape index (κ2) is 9.44. The number of phenols is 1. The Hall–Kier alpha value is -4.62. The van der Waals surface area contributed by atoms with Gasteiger partial charge in [0.25, 0.3) is 0 Å². The SMILES string of the molecule is Cc1n[nH]c2ccc(-c3cc(NC[C@H](N)Cc4c[nH]c5ccccc45)cnc3-c3ccccc3O)cc12. The van der Waals surface area contributed by atoms with E-state index >= 15 is 0 Å². The molecule has 6 N–H and O–H groups in total. The Balaban J connectivity index is 1.31. The molecule has 7 nitrogen and oxygen atoms in total. The van der Waals surface area contributed by atoms with Gasteiger partial charge in [-0.3, -0.25) is 10.1 Å². The summed E-state index contributed by atoms with van der Waals surface area (Å²) in [5.74, 6) is 0.193. The van der Waals surface area contributed by atoms with Gasteiger partial charge in [-0.25, -0.2) is 0 Å². The van der Waals surface area contributed by atoms with Crippen LogP contribution in [0.2, 0.25) is 0 Å². The van der Waals surface area contributed by atoms with Crippen molar-refractivity contribution in [2.24, 2.45) is 5.73 Å². The minimum atomic E-state index is -0.0783. The average Bonchev–Trinajstić information content (AvgIpc) is 3.51. The third-order valence-electron chi connectivity index (χ3n) is 6.84. The average molecular weight is 489 g/mol. The van der Waals surface area contributed by atoms with E-state index < -0.39 is 0 Å². The Labute approximate surface area is 214 Å². The molecule has 6 rings (SSSR count). The minimum Gasteiger partial charge on any atom is -0.507 e. The molecule has 0 spiro atoms. The highest BCUT2D eigenvalue weighted by Crippen LogP contribution is 2.37. The zero-order chi connectivity index (χ0) is 25.4. The first-order valence-electron chi connectivity index (χ1n) is 12.3. The Morgan fingerprint density at radius 2 is 1.78 bits per heavy atom. The maximum atomic E-state index is 10.6. The maximum Gasteiger partial charge on any atom is 0.124 e. The van der Waals surface area contributed by atoms with E-state index in [1.807, 2.05) is 55.6 Å². The van der Waals surface area contributed by atoms with Gasteiger partial charge in [-0.05, 0) is 60.9 Å². The van der Waals surface area contributed by atoms with Crippen LogP contribution in [0.1, 0.15) is 11.3 Å². The Morgan fingerprint density at radius 1 is 0.946 bits per heavy atom. The molecule has 0 aliphatic heterocycles. The number of aromatic hydroxyl groups is 1. The van der Waals surface area contributed by atoms with Crippen molar-refractivity contribution in [2.45, 2.75) is 19.4 Å². The van der Waals surface area contributed by atoms with Gasteiger partial charge in [0.2, 0.25) is 0 Å². The van der Waals surface area contributed by atoms with Gasteiger partial charge < -0.3 is 21.1 Å². The van der Waals surface area contributed by atoms with Crippen LogP contribution in [0.4, 0.5) is 5.69 Å². The van der Waals surface area contributed by atoms with Crippen molar-refractivity contribution in [3.63, 3.8) is 0 Å². The second-order valence-electron chi connectivity index (χ2n) is 9.41. The predicted molar refractivity (Wildman–Crippen MR) is 150 cm³/mol. The molecule has 0 radical (unpaired) electrons. The van der Waals surface area contributed by atoms with Crippen LogP contribution in [-0.4, -0.2) is 37.9 Å². The summed E-state index contributed by atoms with van der Waals surface area (Å²) in [7, 11) is 0. The number of nitrogens with two attached hydrogens (primary N) is 1. The first kappa shape index (κ1) is 22.8. The molecular weight excluding hydrogens is 460 g/mol. The van der Waals surface area contributed by atoms with Gasteiger partial charge >= 0.3 is 0 Å². The van der Waals surface area contributed by atoms with Gasteiger partial charge in [-0.15, -0.1) is 0 Å². The molecule has 0 bridgehead atoms. The van der Waals surface area contributed by atoms with Gasteiger partial charge in [-0.1, -0.05) is 36.4 Å². The highest BCUT2D eigenvalue weighted by molar-refractivity contribution is 5.91. The van der Waals surface area contributed by atoms with E-state index in [4.69, 9.17) is 10.7 Å². The summed E-state index contributed by atoms with van der Waals surface area (Å²) in [6.07, 6.45) is 4.59. The van der Waals surface area contributed by atoms with E-state index in [1.165, 1.54) is 10.9 Å². The maximum absolute atomic E-state index is 10.6. The van der Waals surface area contributed by atoms with E-state index in [9.17, 15) is 5.11 Å². The lowest BCUT2D eigenvalue weighted by atomic mass is 9.97. The molecule has 7 heteroatoms. The molecule has 0 saturated carbocycles. The normalized spacial score (nSPS) is 12.3. The molecule has 1 atom stereocenters. The summed E-state index contributed by atoms with van der Waals surface area (Å²) in [5, 5.41) is 23.7. The number of pyridine rings is 1. The largest absolute Gasteiger partial charge is 0.507 e. The van der Waals surface area contributed by atoms with Crippen molar-refractivity contribution in [1.29, 1.82) is 0 Å². The number of para-hydroxylation sites is 2. The zero-order valence-electron chi connectivity index (χ0n) is 20.5. The summed E-state index contributed by atoms with van der Waals surface area (Å²) < 4.78 is 0. The van der Waals surface area contributed by atoms with E-state index in [0.29, 0.717) is 17.8 Å². The minimum absolute atomic E-state index is 0.0783. The molecule has 3 aromatic heterocycles. The number of rotatable bonds is 7. The van der Waals surface area contributed by atoms with E-state index in [-0.39, 0.29) is 11.8 Å². The Kier molecular flexibility index (Phi) is 5.82. The smallest absolute Gasteiger partial charge is 0.124 e. The number of nitrogens with one attached hydrogen (secondary N) is 3. The van der Waals surface area contributed by atoms with Crippen LogP contribution in [0.3, 0.4) is 0 Å². The number of hydrogen-bond acceptors (Lipinski definition) is 5. The van der Waals surface area contributed by atoms with Crippen LogP contribution in [-0.2, 0) is 6.42 Å². The van der Waals surface area contributed by atoms with Crippen molar-refractivity contribution in [3.05, 3.63) is 96.4 Å². The Bertz CT molecular complexity index is 1720. The lowest BCUT2D eigenvalue weighted by molar-refractivity contribution is 0.477. The first-order chi connectivity index (χ1) is 18.1. The molecule has 0 fully saturated rings. The fraction of sp³-hybridized carbons (Fsp3) is 0.133. The number of H-pyrrole nitrogens is 2. The van der Waals surface area contributed by atoms with Crippen molar-refractivity contribution in [2.75, 3.05) is 11.9 Å². The molecule has 0 amide bonds. The van der Waals surface area contributed by atoms with Crippen LogP contribution in [0.5, 0.6) is 5.75 Å². The van der Waals surface area contributed by atoms with Crippen LogP contribution in [0, 0.1) is 6.92 Å². The molecule has 6 aromatic rings. The predicted octanol–water partition coefficient (Wildman–Crippen LogP) is 5.77. The number of nitrogens with zero attached hydrogens (tertiary/aromatic N) is 2. The number of hydrogen-bond donors (Lipinski definition) is 5. The topological polar surface area (TPSA) is 116 Å². The molecule has 37 heavy (non-hydrogen) atoms. The quantitative estimate of drug-likeness (QED) is 0.196. The van der Waals surface area contributed by atoms with Crippen LogP contribution < -0.4 is 11.1 Å². The lowest BCUT2D eigenvalue weighted by Crippen LogP contribution is -2.31. The van der Waals surface area contributed by atoms with Gasteiger partial charge in [0.1, 0.15) is 5.75 Å². The highest BCUT2D eigenvalue weighted by atomic mass is 16.3. The van der Waals surface area contributed by atoms with Crippen molar-refractivity contribution >= 4 is 27.5 Å². The van der Waals surface area contributed by atoms with Gasteiger partial charge in [0.05, 0.1) is 28.8 Å². The third kappa shape index (κ3) is 4.41. The fourth-order valence-electron chi connectivity index (χ4n) is 4.89. The number of fused-ring (bicyclic) bond motifs is 2. The summed E-state index contributed by atoms with van der Waals surface area (Å²) in [4.78, 5) is 8.10. The molecule has 0 unspecified atom stereocenters. The van der Waals surface area contributed by atoms with Gasteiger partial charge in [-0.2, -0.15) is 5.10 Å². The number of benzene rings is 3. The lowest BCUT2D eigenvalue weighted by Gasteiger charge is -2.16. The fourth-order valence-corrected chi connectivity index (χ4v) is 4.89. The van der Waals surface area contributed by atoms with Crippen molar-refractivity contribution < 1.29 is 5.11 Å². The number of anilines is 1. The number of aryl methyl sites for hydroxylation is 1. The van der Waals surface area contributed by atoms with Crippen LogP contribution in [0.15, 0.2) is 85.2 Å². The summed E-state index contributed by atoms with van der Waals surface area (Å²) in [5.41, 5.74) is 14.9. The molecule has 0 aliphatic carbocycles. The molecule has 3 heterocycles. The summed E-state index contributed by atoms with van der Waals surface area (Å²) in [6, 6.07) is 23.7. The van der Waals surface area contributed by atoms with Crippen molar-refractivity contribution in [1.82, 2.24) is 20.2 Å². The monoisotopic (exact) mass is 488 g/mol. The number of aromatic nitrogens is 4. The van der Waals surface area contributed by atoms with E-state index in [2.05, 4.69) is 44.8 Å². The van der Waals surface area contributed by atoms with E-state index in [1.54, 1.807) is 12.3 Å². The van der Waals surface area contributed by atoms with Gasteiger partial charge in [0, 0.05) is 46.2 Å². The third-order valence-corrected chi connectivity index (χ3v) is 6.84. The molecule has 3 aromatic carbocycles. The van der Waals surface area contributed by atoms with Gasteiger partial charge in [0.15, 0.2) is 0 Å². The zero-order valence-corrected chi connectivity index (χ0v) is 20.5. The molecule has 0 saturated heterocycles. The highest BCUT2D eigenvalue weighted by Gasteiger charge is 2.16. The Morgan fingerprint density at radius 3 is 2.68 bits per heavy atom. The van der Waals surface area contributed by atoms with E-state index in [0.717, 1.165) is 45.3 Å².